The fraction of sp³-hybridized carbons (Fsp3) is 0.591. The molecule has 5 unspecified atom stereocenters. The Morgan fingerprint density at radius 3 is 2.59 bits per heavy atom. The van der Waals surface area contributed by atoms with Gasteiger partial charge in [0.05, 0.1) is 0 Å². The van der Waals surface area contributed by atoms with E-state index in [0.29, 0.717) is 35.7 Å². The van der Waals surface area contributed by atoms with Crippen LogP contribution in [0.1, 0.15) is 76.0 Å². The van der Waals surface area contributed by atoms with Crippen molar-refractivity contribution in [1.82, 2.24) is 0 Å². The zero-order valence-corrected chi connectivity index (χ0v) is 16.1. The summed E-state index contributed by atoms with van der Waals surface area (Å²) in [6.07, 6.45) is 3.86. The van der Waals surface area contributed by atoms with Crippen LogP contribution in [0.25, 0.3) is 0 Å². The maximum Gasteiger partial charge on any atom is 0.308 e. The summed E-state index contributed by atoms with van der Waals surface area (Å²) in [5.41, 5.74) is 1.89. The Kier molecular flexibility index (Phi) is 4.36. The molecule has 27 heavy (non-hydrogen) atoms. The molecule has 5 heteroatoms. The number of carbonyl (C=O) groups excluding carboxylic acids is 3. The van der Waals surface area contributed by atoms with Gasteiger partial charge in [0.1, 0.15) is 17.6 Å². The number of rotatable bonds is 2. The first kappa shape index (κ1) is 18.2. The Bertz CT molecular complexity index is 813. The largest absolute Gasteiger partial charge is 0.458 e. The molecule has 144 valence electrons. The monoisotopic (exact) mass is 370 g/mol. The Morgan fingerprint density at radius 1 is 1.11 bits per heavy atom. The molecule has 0 saturated heterocycles. The minimum absolute atomic E-state index is 0.225. The molecule has 0 aromatic heterocycles. The number of hydrogen-bond acceptors (Lipinski definition) is 5. The number of Topliss-reactive ketones (excluding diaryl/α,β-unsaturated/α-hetero) is 1. The van der Waals surface area contributed by atoms with E-state index < -0.39 is 0 Å². The first-order chi connectivity index (χ1) is 12.8. The number of esters is 2. The summed E-state index contributed by atoms with van der Waals surface area (Å²) in [5.74, 6) is 1.24. The smallest absolute Gasteiger partial charge is 0.308 e. The van der Waals surface area contributed by atoms with Crippen molar-refractivity contribution in [3.63, 3.8) is 0 Å². The van der Waals surface area contributed by atoms with Crippen LogP contribution in [0.5, 0.6) is 5.75 Å². The van der Waals surface area contributed by atoms with Crippen LogP contribution in [0.3, 0.4) is 0 Å². The highest BCUT2D eigenvalue weighted by atomic mass is 16.5. The van der Waals surface area contributed by atoms with Crippen molar-refractivity contribution in [3.05, 3.63) is 29.3 Å². The predicted molar refractivity (Wildman–Crippen MR) is 98.2 cm³/mol. The lowest BCUT2D eigenvalue weighted by Crippen LogP contribution is -2.43. The van der Waals surface area contributed by atoms with Crippen molar-refractivity contribution in [2.75, 3.05) is 0 Å². The van der Waals surface area contributed by atoms with E-state index in [9.17, 15) is 14.4 Å². The van der Waals surface area contributed by atoms with Crippen molar-refractivity contribution in [2.45, 2.75) is 64.9 Å². The van der Waals surface area contributed by atoms with Crippen molar-refractivity contribution < 1.29 is 23.9 Å². The van der Waals surface area contributed by atoms with Crippen molar-refractivity contribution >= 4 is 17.7 Å². The molecular weight excluding hydrogens is 344 g/mol. The van der Waals surface area contributed by atoms with Crippen LogP contribution in [0.15, 0.2) is 18.2 Å². The minimum atomic E-state index is -0.370. The molecule has 0 bridgehead atoms. The van der Waals surface area contributed by atoms with E-state index in [1.165, 1.54) is 19.4 Å². The summed E-state index contributed by atoms with van der Waals surface area (Å²) in [5, 5.41) is 0. The molecule has 5 atom stereocenters. The van der Waals surface area contributed by atoms with Crippen LogP contribution < -0.4 is 4.74 Å². The maximum absolute atomic E-state index is 12.5. The highest BCUT2D eigenvalue weighted by molar-refractivity contribution is 5.87. The third-order valence-corrected chi connectivity index (χ3v) is 7.01. The van der Waals surface area contributed by atoms with Crippen LogP contribution in [-0.4, -0.2) is 17.7 Å². The van der Waals surface area contributed by atoms with Gasteiger partial charge >= 0.3 is 11.9 Å². The number of benzene rings is 1. The number of ether oxygens (including phenoxy) is 2. The Labute approximate surface area is 159 Å². The molecule has 0 spiro atoms. The van der Waals surface area contributed by atoms with E-state index in [0.717, 1.165) is 31.2 Å². The fourth-order valence-corrected chi connectivity index (χ4v) is 5.86. The lowest BCUT2D eigenvalue weighted by atomic mass is 9.55. The first-order valence-electron chi connectivity index (χ1n) is 9.82. The van der Waals surface area contributed by atoms with E-state index in [1.54, 1.807) is 0 Å². The van der Waals surface area contributed by atoms with E-state index >= 15 is 0 Å². The predicted octanol–water partition coefficient (Wildman–Crippen LogP) is 4.10. The third-order valence-electron chi connectivity index (χ3n) is 7.01. The second-order valence-corrected chi connectivity index (χ2v) is 8.51. The lowest BCUT2D eigenvalue weighted by Gasteiger charge is -2.49. The molecule has 1 aromatic carbocycles. The van der Waals surface area contributed by atoms with Gasteiger partial charge in [0, 0.05) is 25.7 Å². The van der Waals surface area contributed by atoms with Gasteiger partial charge in [0.25, 0.3) is 0 Å². The van der Waals surface area contributed by atoms with Gasteiger partial charge in [-0.15, -0.1) is 0 Å². The van der Waals surface area contributed by atoms with Crippen LogP contribution in [0.4, 0.5) is 0 Å². The molecule has 0 heterocycles. The molecule has 0 radical (unpaired) electrons. The summed E-state index contributed by atoms with van der Waals surface area (Å²) >= 11 is 0. The second-order valence-electron chi connectivity index (χ2n) is 8.51. The molecule has 5 nitrogen and oxygen atoms in total. The molecule has 2 saturated carbocycles. The quantitative estimate of drug-likeness (QED) is 0.579. The number of ketones is 1. The topological polar surface area (TPSA) is 69.7 Å². The maximum atomic E-state index is 12.5. The highest BCUT2D eigenvalue weighted by Gasteiger charge is 2.55. The molecule has 0 amide bonds. The minimum Gasteiger partial charge on any atom is -0.458 e. The highest BCUT2D eigenvalue weighted by Crippen LogP contribution is 2.61. The molecule has 0 N–H and O–H groups in total. The van der Waals surface area contributed by atoms with Crippen LogP contribution in [0, 0.1) is 17.3 Å². The van der Waals surface area contributed by atoms with Crippen molar-refractivity contribution in [1.29, 1.82) is 0 Å². The zero-order valence-electron chi connectivity index (χ0n) is 16.1. The Morgan fingerprint density at radius 2 is 1.89 bits per heavy atom. The van der Waals surface area contributed by atoms with Crippen molar-refractivity contribution in [2.24, 2.45) is 17.3 Å². The van der Waals surface area contributed by atoms with Crippen LogP contribution in [-0.2, 0) is 19.1 Å². The normalized spacial score (nSPS) is 34.3. The fourth-order valence-electron chi connectivity index (χ4n) is 5.86. The standard InChI is InChI=1S/C22H26O5/c1-12(23)26-14-4-5-15-16-8-9-22(3)19(6-7-21(22)25)17(16)11-20(18(15)10-14)27-13(2)24/h4-5,10,16-17,19-20H,6-9,11H2,1-3H3. The number of fused-ring (bicyclic) bond motifs is 5. The van der Waals surface area contributed by atoms with Gasteiger partial charge < -0.3 is 9.47 Å². The molecule has 3 aliphatic rings. The van der Waals surface area contributed by atoms with E-state index in [4.69, 9.17) is 9.47 Å². The molecule has 4 rings (SSSR count). The van der Waals surface area contributed by atoms with E-state index in [2.05, 4.69) is 6.92 Å². The summed E-state index contributed by atoms with van der Waals surface area (Å²) < 4.78 is 10.9. The van der Waals surface area contributed by atoms with Gasteiger partial charge in [-0.3, -0.25) is 14.4 Å². The van der Waals surface area contributed by atoms with E-state index in [1.807, 2.05) is 18.2 Å². The Hall–Kier alpha value is -2.17. The van der Waals surface area contributed by atoms with Gasteiger partial charge in [0.2, 0.25) is 0 Å². The zero-order chi connectivity index (χ0) is 19.3. The molecule has 0 aliphatic heterocycles. The van der Waals surface area contributed by atoms with Crippen molar-refractivity contribution in [3.8, 4) is 5.75 Å². The van der Waals surface area contributed by atoms with Gasteiger partial charge in [0.15, 0.2) is 0 Å². The van der Waals surface area contributed by atoms with Gasteiger partial charge in [-0.2, -0.15) is 0 Å². The Balaban J connectivity index is 1.74. The van der Waals surface area contributed by atoms with Crippen LogP contribution in [0.2, 0.25) is 0 Å². The van der Waals surface area contributed by atoms with Gasteiger partial charge in [-0.25, -0.2) is 0 Å². The number of carbonyl (C=O) groups is 3. The van der Waals surface area contributed by atoms with E-state index in [-0.39, 0.29) is 23.5 Å². The molecule has 2 fully saturated rings. The molecule has 3 aliphatic carbocycles. The SMILES string of the molecule is CC(=O)Oc1ccc2c(c1)C(OC(C)=O)CC1C2CCC2(C)C(=O)CCC12. The third kappa shape index (κ3) is 2.97. The summed E-state index contributed by atoms with van der Waals surface area (Å²) in [7, 11) is 0. The first-order valence-corrected chi connectivity index (χ1v) is 9.82. The molecule has 1 aromatic rings. The molecular formula is C22H26O5. The summed E-state index contributed by atoms with van der Waals surface area (Å²) in [6, 6.07) is 5.68. The second kappa shape index (κ2) is 6.47. The average molecular weight is 370 g/mol. The average Bonchev–Trinajstić information content (AvgIpc) is 2.89. The number of hydrogen-bond donors (Lipinski definition) is 0. The van der Waals surface area contributed by atoms with Crippen LogP contribution >= 0.6 is 0 Å². The summed E-state index contributed by atoms with van der Waals surface area (Å²) in [6.45, 7) is 4.92. The lowest BCUT2D eigenvalue weighted by molar-refractivity contribution is -0.150. The summed E-state index contributed by atoms with van der Waals surface area (Å²) in [4.78, 5) is 35.6. The van der Waals surface area contributed by atoms with Gasteiger partial charge in [-0.05, 0) is 66.7 Å². The van der Waals surface area contributed by atoms with Gasteiger partial charge in [-0.1, -0.05) is 13.0 Å².